The molecule has 1 saturated carbocycles. The van der Waals surface area contributed by atoms with Gasteiger partial charge in [0.05, 0.1) is 29.7 Å². The van der Waals surface area contributed by atoms with Gasteiger partial charge in [-0.25, -0.2) is 14.2 Å². The molecule has 1 amide bonds. The molecule has 41 heavy (non-hydrogen) atoms. The maximum absolute atomic E-state index is 14.2. The fourth-order valence-corrected chi connectivity index (χ4v) is 6.11. The van der Waals surface area contributed by atoms with Crippen molar-refractivity contribution in [1.82, 2.24) is 24.2 Å². The second kappa shape index (κ2) is 10.6. The van der Waals surface area contributed by atoms with Crippen LogP contribution in [-0.4, -0.2) is 42.3 Å². The fourth-order valence-electron chi connectivity index (χ4n) is 5.86. The number of ether oxygens (including phenoxy) is 1. The van der Waals surface area contributed by atoms with Crippen LogP contribution in [0.2, 0.25) is 0 Å². The first-order valence-corrected chi connectivity index (χ1v) is 14.9. The van der Waals surface area contributed by atoms with Gasteiger partial charge in [-0.05, 0) is 107 Å². The summed E-state index contributed by atoms with van der Waals surface area (Å²) in [6.45, 7) is 10.3. The quantitative estimate of drug-likeness (QED) is 0.280. The molecule has 212 valence electrons. The highest BCUT2D eigenvalue weighted by atomic mass is 79.9. The fraction of sp³-hybridized carbons (Fsp3) is 0.375. The number of hydrogen-bond donors (Lipinski definition) is 0. The third-order valence-corrected chi connectivity index (χ3v) is 9.08. The van der Waals surface area contributed by atoms with E-state index >= 15 is 0 Å². The molecule has 1 aliphatic carbocycles. The van der Waals surface area contributed by atoms with Crippen molar-refractivity contribution in [2.45, 2.75) is 72.6 Å². The van der Waals surface area contributed by atoms with Crippen LogP contribution < -0.4 is 10.3 Å². The molecule has 0 bridgehead atoms. The number of hydrogen-bond acceptors (Lipinski definition) is 5. The summed E-state index contributed by atoms with van der Waals surface area (Å²) in [5, 5.41) is 4.66. The maximum atomic E-state index is 14.2. The molecule has 0 N–H and O–H groups in total. The highest BCUT2D eigenvalue weighted by molar-refractivity contribution is 9.10. The van der Waals surface area contributed by atoms with E-state index in [0.717, 1.165) is 40.0 Å². The molecule has 9 heteroatoms. The first-order valence-electron chi connectivity index (χ1n) is 14.1. The Hall–Kier alpha value is -3.72. The first kappa shape index (κ1) is 27.4. The molecule has 1 atom stereocenters. The van der Waals surface area contributed by atoms with Crippen LogP contribution >= 0.6 is 15.9 Å². The summed E-state index contributed by atoms with van der Waals surface area (Å²) < 4.78 is 10.4. The Labute approximate surface area is 248 Å². The molecule has 0 saturated heterocycles. The van der Waals surface area contributed by atoms with E-state index in [2.05, 4.69) is 28.0 Å². The van der Waals surface area contributed by atoms with E-state index in [4.69, 9.17) is 9.72 Å². The summed E-state index contributed by atoms with van der Waals surface area (Å²) in [7, 11) is 0. The number of rotatable bonds is 5. The van der Waals surface area contributed by atoms with Crippen molar-refractivity contribution in [3.05, 3.63) is 97.1 Å². The molecule has 1 fully saturated rings. The van der Waals surface area contributed by atoms with E-state index in [9.17, 15) is 9.59 Å². The van der Waals surface area contributed by atoms with Gasteiger partial charge in [-0.15, -0.1) is 0 Å². The summed E-state index contributed by atoms with van der Waals surface area (Å²) in [4.78, 5) is 34.6. The van der Waals surface area contributed by atoms with Gasteiger partial charge in [-0.3, -0.25) is 9.59 Å². The van der Waals surface area contributed by atoms with Crippen molar-refractivity contribution in [2.24, 2.45) is 5.92 Å². The molecule has 4 aromatic rings. The highest BCUT2D eigenvalue weighted by Crippen LogP contribution is 2.31. The smallest absolute Gasteiger partial charge is 0.263 e. The van der Waals surface area contributed by atoms with E-state index in [-0.39, 0.29) is 30.2 Å². The highest BCUT2D eigenvalue weighted by Gasteiger charge is 2.33. The number of halogens is 1. The topological polar surface area (TPSA) is 82.2 Å². The van der Waals surface area contributed by atoms with Crippen LogP contribution in [0.5, 0.6) is 5.75 Å². The zero-order valence-electron chi connectivity index (χ0n) is 24.0. The minimum Gasteiger partial charge on any atom is -0.490 e. The van der Waals surface area contributed by atoms with Crippen molar-refractivity contribution in [3.8, 4) is 17.4 Å². The number of aromatic nitrogens is 4. The predicted octanol–water partition coefficient (Wildman–Crippen LogP) is 5.87. The Bertz CT molecular complexity index is 1700. The lowest BCUT2D eigenvalue weighted by atomic mass is 9.84. The molecule has 2 aromatic heterocycles. The molecule has 1 aliphatic heterocycles. The van der Waals surface area contributed by atoms with Crippen LogP contribution in [0.15, 0.2) is 57.8 Å². The number of nitrogens with zero attached hydrogens (tertiary/aromatic N) is 5. The van der Waals surface area contributed by atoms with E-state index in [1.807, 2.05) is 76.2 Å². The zero-order chi connectivity index (χ0) is 29.0. The van der Waals surface area contributed by atoms with Gasteiger partial charge in [-0.1, -0.05) is 22.9 Å². The van der Waals surface area contributed by atoms with Crippen LogP contribution in [0.4, 0.5) is 0 Å². The number of carbonyl (C=O) groups is 1. The zero-order valence-corrected chi connectivity index (χ0v) is 25.6. The molecule has 0 unspecified atom stereocenters. The Morgan fingerprint density at radius 2 is 1.76 bits per heavy atom. The molecule has 2 aliphatic rings. The van der Waals surface area contributed by atoms with Gasteiger partial charge >= 0.3 is 0 Å². The van der Waals surface area contributed by atoms with Gasteiger partial charge in [0.2, 0.25) is 5.95 Å². The third kappa shape index (κ3) is 5.12. The average Bonchev–Trinajstić information content (AvgIpc) is 3.27. The Balaban J connectivity index is 1.41. The van der Waals surface area contributed by atoms with Crippen LogP contribution in [0.1, 0.15) is 65.3 Å². The van der Waals surface area contributed by atoms with Crippen molar-refractivity contribution >= 4 is 21.8 Å². The normalized spacial score (nSPS) is 20.0. The van der Waals surface area contributed by atoms with E-state index < -0.39 is 0 Å². The molecule has 3 heterocycles. The van der Waals surface area contributed by atoms with Crippen molar-refractivity contribution in [1.29, 1.82) is 0 Å². The number of fused-ring (bicyclic) bond motifs is 1. The summed E-state index contributed by atoms with van der Waals surface area (Å²) in [6, 6.07) is 15.0. The molecule has 0 spiro atoms. The third-order valence-electron chi connectivity index (χ3n) is 8.19. The number of amides is 1. The van der Waals surface area contributed by atoms with Gasteiger partial charge in [0, 0.05) is 27.3 Å². The second-order valence-corrected chi connectivity index (χ2v) is 12.4. The molecule has 6 rings (SSSR count). The second-order valence-electron chi connectivity index (χ2n) is 11.6. The first-order chi connectivity index (χ1) is 19.6. The number of carbonyl (C=O) groups excluding carboxylic acids is 1. The van der Waals surface area contributed by atoms with Crippen LogP contribution in [0.3, 0.4) is 0 Å². The summed E-state index contributed by atoms with van der Waals surface area (Å²) in [5.41, 5.74) is 5.09. The summed E-state index contributed by atoms with van der Waals surface area (Å²) >= 11 is 3.51. The van der Waals surface area contributed by atoms with Crippen LogP contribution in [0.25, 0.3) is 11.6 Å². The Morgan fingerprint density at radius 1 is 1.02 bits per heavy atom. The molecular formula is C32H34BrN5O3. The van der Waals surface area contributed by atoms with Crippen molar-refractivity contribution in [2.75, 3.05) is 0 Å². The van der Waals surface area contributed by atoms with Crippen LogP contribution in [0, 0.1) is 26.7 Å². The van der Waals surface area contributed by atoms with Gasteiger partial charge < -0.3 is 9.64 Å². The van der Waals surface area contributed by atoms with Gasteiger partial charge in [-0.2, -0.15) is 5.10 Å². The number of aryl methyl sites for hydroxylation is 3. The maximum Gasteiger partial charge on any atom is 0.263 e. The Kier molecular flexibility index (Phi) is 7.09. The minimum atomic E-state index is -0.165. The predicted molar refractivity (Wildman–Crippen MR) is 161 cm³/mol. The van der Waals surface area contributed by atoms with Gasteiger partial charge in [0.25, 0.3) is 11.5 Å². The van der Waals surface area contributed by atoms with Crippen LogP contribution in [-0.2, 0) is 13.0 Å². The van der Waals surface area contributed by atoms with Crippen molar-refractivity contribution in [3.63, 3.8) is 0 Å². The average molecular weight is 617 g/mol. The molecule has 0 radical (unpaired) electrons. The van der Waals surface area contributed by atoms with Gasteiger partial charge in [0.1, 0.15) is 5.75 Å². The lowest BCUT2D eigenvalue weighted by Gasteiger charge is -2.34. The number of benzene rings is 2. The lowest BCUT2D eigenvalue weighted by molar-refractivity contribution is 0.0652. The summed E-state index contributed by atoms with van der Waals surface area (Å²) in [5.74, 6) is 1.83. The summed E-state index contributed by atoms with van der Waals surface area (Å²) in [6.07, 6.45) is 2.80. The van der Waals surface area contributed by atoms with Gasteiger partial charge in [0.15, 0.2) is 0 Å². The lowest BCUT2D eigenvalue weighted by Crippen LogP contribution is -2.46. The van der Waals surface area contributed by atoms with E-state index in [1.54, 1.807) is 14.1 Å². The SMILES string of the molecule is Cc1cc(C)n(-c2nc3c(c(=O)n2-c2ccc(OC4CC(C)C4)cc2)C[C@@H](C)N(C(=O)c2ccc(Br)c(C)c2)C3)n1. The van der Waals surface area contributed by atoms with Crippen molar-refractivity contribution < 1.29 is 9.53 Å². The molecule has 8 nitrogen and oxygen atoms in total. The van der Waals surface area contributed by atoms with E-state index in [0.29, 0.717) is 40.8 Å². The minimum absolute atomic E-state index is 0.0752. The molecule has 2 aromatic carbocycles. The molecular weight excluding hydrogens is 582 g/mol. The monoisotopic (exact) mass is 615 g/mol. The Morgan fingerprint density at radius 3 is 2.39 bits per heavy atom. The largest absolute Gasteiger partial charge is 0.490 e. The van der Waals surface area contributed by atoms with E-state index in [1.165, 1.54) is 0 Å². The standard InChI is InChI=1S/C32H34BrN5O3/c1-18-12-26(13-18)41-25-9-7-24(8-10-25)37-31(40)27-16-21(4)36(30(39)23-6-11-28(33)19(2)14-23)17-29(27)34-32(37)38-22(5)15-20(3)35-38/h6-11,14-15,18,21,26H,12-13,16-17H2,1-5H3/t18?,21-,26?/m1/s1.